The number of thiazole rings is 1. The molecule has 0 radical (unpaired) electrons. The van der Waals surface area contributed by atoms with E-state index in [4.69, 9.17) is 0 Å². The van der Waals surface area contributed by atoms with E-state index in [9.17, 15) is 0 Å². The van der Waals surface area contributed by atoms with E-state index in [2.05, 4.69) is 55.2 Å². The van der Waals surface area contributed by atoms with Gasteiger partial charge in [0.2, 0.25) is 0 Å². The number of aromatic nitrogens is 1. The Hall–Kier alpha value is -0.450. The van der Waals surface area contributed by atoms with Gasteiger partial charge in [0.1, 0.15) is 5.01 Å². The molecule has 0 aromatic carbocycles. The summed E-state index contributed by atoms with van der Waals surface area (Å²) in [5.74, 6) is 1.42. The van der Waals surface area contributed by atoms with Crippen molar-refractivity contribution in [1.29, 1.82) is 0 Å². The van der Waals surface area contributed by atoms with E-state index in [1.54, 1.807) is 11.3 Å². The van der Waals surface area contributed by atoms with Gasteiger partial charge < -0.3 is 5.32 Å². The lowest BCUT2D eigenvalue weighted by Crippen LogP contribution is -2.59. The van der Waals surface area contributed by atoms with Gasteiger partial charge in [0.15, 0.2) is 0 Å². The van der Waals surface area contributed by atoms with Gasteiger partial charge in [-0.2, -0.15) is 0 Å². The van der Waals surface area contributed by atoms with Crippen molar-refractivity contribution in [2.24, 2.45) is 11.8 Å². The predicted octanol–water partition coefficient (Wildman–Crippen LogP) is 3.30. The topological polar surface area (TPSA) is 28.2 Å². The third-order valence-electron chi connectivity index (χ3n) is 4.59. The summed E-state index contributed by atoms with van der Waals surface area (Å²) in [6, 6.07) is 1.25. The molecule has 1 aliphatic rings. The largest absolute Gasteiger partial charge is 0.311 e. The van der Waals surface area contributed by atoms with E-state index in [0.717, 1.165) is 31.2 Å². The second-order valence-electron chi connectivity index (χ2n) is 6.52. The number of nitrogens with one attached hydrogen (secondary N) is 1. The quantitative estimate of drug-likeness (QED) is 0.903. The number of hydrogen-bond donors (Lipinski definition) is 1. The SMILES string of the molecule is CCC(C)C1CN(Cc2nc(C)cs2)C(C(C)C)CN1. The lowest BCUT2D eigenvalue weighted by atomic mass is 9.92. The molecule has 3 unspecified atom stereocenters. The fourth-order valence-corrected chi connectivity index (χ4v) is 3.80. The molecular weight excluding hydrogens is 266 g/mol. The fraction of sp³-hybridized carbons (Fsp3) is 0.812. The van der Waals surface area contributed by atoms with Crippen LogP contribution in [-0.2, 0) is 6.54 Å². The monoisotopic (exact) mass is 295 g/mol. The van der Waals surface area contributed by atoms with Crippen LogP contribution in [0.2, 0.25) is 0 Å². The number of hydrogen-bond acceptors (Lipinski definition) is 4. The van der Waals surface area contributed by atoms with Crippen LogP contribution in [0.25, 0.3) is 0 Å². The second-order valence-corrected chi connectivity index (χ2v) is 7.47. The summed E-state index contributed by atoms with van der Waals surface area (Å²) in [5, 5.41) is 7.19. The summed E-state index contributed by atoms with van der Waals surface area (Å²) in [6.07, 6.45) is 1.24. The van der Waals surface area contributed by atoms with Gasteiger partial charge >= 0.3 is 0 Å². The lowest BCUT2D eigenvalue weighted by molar-refractivity contribution is 0.0752. The van der Waals surface area contributed by atoms with Crippen molar-refractivity contribution >= 4 is 11.3 Å². The average Bonchev–Trinajstić information content (AvgIpc) is 2.82. The Morgan fingerprint density at radius 1 is 1.45 bits per heavy atom. The summed E-state index contributed by atoms with van der Waals surface area (Å²) in [4.78, 5) is 7.29. The van der Waals surface area contributed by atoms with Crippen molar-refractivity contribution < 1.29 is 0 Å². The highest BCUT2D eigenvalue weighted by molar-refractivity contribution is 7.09. The Balaban J connectivity index is 2.06. The molecule has 1 aromatic heterocycles. The number of rotatable bonds is 5. The molecular formula is C16H29N3S. The minimum Gasteiger partial charge on any atom is -0.311 e. The van der Waals surface area contributed by atoms with E-state index >= 15 is 0 Å². The zero-order chi connectivity index (χ0) is 14.7. The molecule has 1 fully saturated rings. The Morgan fingerprint density at radius 2 is 2.20 bits per heavy atom. The summed E-state index contributed by atoms with van der Waals surface area (Å²) < 4.78 is 0. The molecule has 20 heavy (non-hydrogen) atoms. The molecule has 1 aromatic rings. The molecule has 2 rings (SSSR count). The zero-order valence-electron chi connectivity index (χ0n) is 13.5. The third-order valence-corrected chi connectivity index (χ3v) is 5.55. The molecule has 0 spiro atoms. The van der Waals surface area contributed by atoms with Crippen molar-refractivity contribution in [3.05, 3.63) is 16.1 Å². The maximum absolute atomic E-state index is 4.65. The van der Waals surface area contributed by atoms with Crippen molar-refractivity contribution in [2.75, 3.05) is 13.1 Å². The standard InChI is InChI=1S/C16H29N3S/c1-6-12(4)14-8-19(15(7-17-14)11(2)3)9-16-18-13(5)10-20-16/h10-12,14-15,17H,6-9H2,1-5H3. The predicted molar refractivity (Wildman–Crippen MR) is 87.1 cm³/mol. The molecule has 3 atom stereocenters. The van der Waals surface area contributed by atoms with Crippen molar-refractivity contribution in [2.45, 2.75) is 59.7 Å². The summed E-state index contributed by atoms with van der Waals surface area (Å²) in [7, 11) is 0. The number of piperazine rings is 1. The molecule has 0 saturated carbocycles. The molecule has 1 aliphatic heterocycles. The molecule has 1 saturated heterocycles. The summed E-state index contributed by atoms with van der Waals surface area (Å²) >= 11 is 1.80. The molecule has 0 amide bonds. The van der Waals surface area contributed by atoms with Gasteiger partial charge in [0.25, 0.3) is 0 Å². The maximum Gasteiger partial charge on any atom is 0.107 e. The minimum absolute atomic E-state index is 0.621. The van der Waals surface area contributed by atoms with E-state index in [1.165, 1.54) is 11.4 Å². The molecule has 2 heterocycles. The van der Waals surface area contributed by atoms with E-state index in [-0.39, 0.29) is 0 Å². The molecule has 0 aliphatic carbocycles. The molecule has 1 N–H and O–H groups in total. The summed E-state index contributed by atoms with van der Waals surface area (Å²) in [5.41, 5.74) is 1.15. The van der Waals surface area contributed by atoms with Crippen LogP contribution in [0.4, 0.5) is 0 Å². The van der Waals surface area contributed by atoms with Crippen LogP contribution in [0.1, 0.15) is 44.8 Å². The smallest absolute Gasteiger partial charge is 0.107 e. The van der Waals surface area contributed by atoms with Crippen LogP contribution in [-0.4, -0.2) is 35.1 Å². The Morgan fingerprint density at radius 3 is 2.75 bits per heavy atom. The van der Waals surface area contributed by atoms with E-state index < -0.39 is 0 Å². The summed E-state index contributed by atoms with van der Waals surface area (Å²) in [6.45, 7) is 14.7. The highest BCUT2D eigenvalue weighted by Gasteiger charge is 2.32. The first-order chi connectivity index (χ1) is 9.51. The van der Waals surface area contributed by atoms with Gasteiger partial charge in [-0.1, -0.05) is 34.1 Å². The molecule has 4 heteroatoms. The average molecular weight is 295 g/mol. The highest BCUT2D eigenvalue weighted by atomic mass is 32.1. The Bertz CT molecular complexity index is 416. The third kappa shape index (κ3) is 3.80. The van der Waals surface area contributed by atoms with Crippen LogP contribution in [0, 0.1) is 18.8 Å². The van der Waals surface area contributed by atoms with Crippen molar-refractivity contribution in [3.63, 3.8) is 0 Å². The number of nitrogens with zero attached hydrogens (tertiary/aromatic N) is 2. The van der Waals surface area contributed by atoms with Crippen molar-refractivity contribution in [1.82, 2.24) is 15.2 Å². The molecule has 3 nitrogen and oxygen atoms in total. The first kappa shape index (κ1) is 15.9. The molecule has 114 valence electrons. The first-order valence-electron chi connectivity index (χ1n) is 7.89. The van der Waals surface area contributed by atoms with Gasteiger partial charge in [-0.25, -0.2) is 4.98 Å². The first-order valence-corrected chi connectivity index (χ1v) is 8.77. The minimum atomic E-state index is 0.621. The van der Waals surface area contributed by atoms with Gasteiger partial charge in [0, 0.05) is 36.2 Å². The van der Waals surface area contributed by atoms with Crippen molar-refractivity contribution in [3.8, 4) is 0 Å². The fourth-order valence-electron chi connectivity index (χ4n) is 3.01. The number of aryl methyl sites for hydroxylation is 1. The van der Waals surface area contributed by atoms with E-state index in [1.807, 2.05) is 0 Å². The van der Waals surface area contributed by atoms with E-state index in [0.29, 0.717) is 18.0 Å². The van der Waals surface area contributed by atoms with Gasteiger partial charge in [-0.3, -0.25) is 4.90 Å². The molecule has 0 bridgehead atoms. The van der Waals surface area contributed by atoms with Gasteiger partial charge in [0.05, 0.1) is 6.54 Å². The maximum atomic E-state index is 4.65. The highest BCUT2D eigenvalue weighted by Crippen LogP contribution is 2.23. The Labute approximate surface area is 127 Å². The van der Waals surface area contributed by atoms with Gasteiger partial charge in [-0.15, -0.1) is 11.3 Å². The van der Waals surface area contributed by atoms with Gasteiger partial charge in [-0.05, 0) is 18.8 Å². The second kappa shape index (κ2) is 7.01. The van der Waals surface area contributed by atoms with Crippen LogP contribution in [0.3, 0.4) is 0 Å². The lowest BCUT2D eigenvalue weighted by Gasteiger charge is -2.43. The van der Waals surface area contributed by atoms with Crippen LogP contribution < -0.4 is 5.32 Å². The van der Waals surface area contributed by atoms with Crippen LogP contribution in [0.15, 0.2) is 5.38 Å². The zero-order valence-corrected chi connectivity index (χ0v) is 14.3. The van der Waals surface area contributed by atoms with Crippen LogP contribution in [0.5, 0.6) is 0 Å². The normalized spacial score (nSPS) is 26.1. The Kier molecular flexibility index (Phi) is 5.58. The van der Waals surface area contributed by atoms with Crippen LogP contribution >= 0.6 is 11.3 Å².